The van der Waals surface area contributed by atoms with Gasteiger partial charge in [-0.25, -0.2) is 5.43 Å². The fourth-order valence-electron chi connectivity index (χ4n) is 2.93. The Kier molecular flexibility index (Phi) is 8.24. The number of nitriles is 1. The van der Waals surface area contributed by atoms with Gasteiger partial charge in [-0.05, 0) is 42.3 Å². The second-order valence-electron chi connectivity index (χ2n) is 6.73. The average Bonchev–Trinajstić information content (AvgIpc) is 2.81. The number of hydrazone groups is 1. The fraction of sp³-hybridized carbons (Fsp3) is 0.160. The molecule has 32 heavy (non-hydrogen) atoms. The lowest BCUT2D eigenvalue weighted by atomic mass is 10.0. The van der Waals surface area contributed by atoms with E-state index in [-0.39, 0.29) is 0 Å². The minimum Gasteiger partial charge on any atom is -0.490 e. The SMILES string of the molecule is CCOc1cc(/C=N\NC(=O)[C@@H](C#N)c2ccccc2)ccc1OCc1ccccc1Cl. The Labute approximate surface area is 192 Å². The van der Waals surface area contributed by atoms with Crippen LogP contribution in [0.15, 0.2) is 77.9 Å². The lowest BCUT2D eigenvalue weighted by Gasteiger charge is -2.13. The van der Waals surface area contributed by atoms with Crippen LogP contribution in [0.3, 0.4) is 0 Å². The number of rotatable bonds is 9. The zero-order valence-electron chi connectivity index (χ0n) is 17.5. The molecule has 7 heteroatoms. The largest absolute Gasteiger partial charge is 0.490 e. The Morgan fingerprint density at radius 1 is 1.09 bits per heavy atom. The molecule has 3 aromatic carbocycles. The Bertz CT molecular complexity index is 1130. The van der Waals surface area contributed by atoms with Crippen molar-refractivity contribution in [2.75, 3.05) is 6.61 Å². The van der Waals surface area contributed by atoms with Gasteiger partial charge in [-0.2, -0.15) is 10.4 Å². The number of hydrogen-bond acceptors (Lipinski definition) is 5. The maximum absolute atomic E-state index is 12.3. The fourth-order valence-corrected chi connectivity index (χ4v) is 3.12. The van der Waals surface area contributed by atoms with Crippen molar-refractivity contribution >= 4 is 23.7 Å². The van der Waals surface area contributed by atoms with Crippen molar-refractivity contribution in [3.05, 3.63) is 94.5 Å². The van der Waals surface area contributed by atoms with E-state index < -0.39 is 11.8 Å². The summed E-state index contributed by atoms with van der Waals surface area (Å²) >= 11 is 6.19. The summed E-state index contributed by atoms with van der Waals surface area (Å²) in [6.07, 6.45) is 1.48. The topological polar surface area (TPSA) is 83.7 Å². The first kappa shape index (κ1) is 22.9. The predicted octanol–water partition coefficient (Wildman–Crippen LogP) is 5.08. The molecule has 0 aliphatic heterocycles. The van der Waals surface area contributed by atoms with Gasteiger partial charge in [0, 0.05) is 10.6 Å². The third-order valence-corrected chi connectivity index (χ3v) is 4.89. The molecule has 0 saturated heterocycles. The van der Waals surface area contributed by atoms with Gasteiger partial charge >= 0.3 is 0 Å². The molecule has 0 heterocycles. The molecular formula is C25H22ClN3O3. The van der Waals surface area contributed by atoms with Crippen molar-refractivity contribution in [2.45, 2.75) is 19.4 Å². The lowest BCUT2D eigenvalue weighted by Crippen LogP contribution is -2.24. The Balaban J connectivity index is 1.67. The summed E-state index contributed by atoms with van der Waals surface area (Å²) in [5, 5.41) is 14.0. The highest BCUT2D eigenvalue weighted by molar-refractivity contribution is 6.31. The van der Waals surface area contributed by atoms with Crippen molar-refractivity contribution in [3.8, 4) is 17.6 Å². The molecule has 0 aliphatic carbocycles. The van der Waals surface area contributed by atoms with Gasteiger partial charge in [0.05, 0.1) is 18.9 Å². The molecule has 0 radical (unpaired) electrons. The maximum atomic E-state index is 12.3. The molecule has 0 unspecified atom stereocenters. The first-order valence-corrected chi connectivity index (χ1v) is 10.4. The summed E-state index contributed by atoms with van der Waals surface area (Å²) in [5.41, 5.74) is 4.61. The molecule has 0 aromatic heterocycles. The molecule has 1 atom stereocenters. The average molecular weight is 448 g/mol. The van der Waals surface area contributed by atoms with E-state index in [0.717, 1.165) is 5.56 Å². The number of nitrogens with zero attached hydrogens (tertiary/aromatic N) is 2. The number of halogens is 1. The van der Waals surface area contributed by atoms with Crippen molar-refractivity contribution in [1.29, 1.82) is 5.26 Å². The van der Waals surface area contributed by atoms with Crippen LogP contribution in [-0.4, -0.2) is 18.7 Å². The number of carbonyl (C=O) groups is 1. The van der Waals surface area contributed by atoms with Gasteiger partial charge in [-0.1, -0.05) is 60.1 Å². The molecule has 0 aliphatic rings. The zero-order chi connectivity index (χ0) is 22.8. The maximum Gasteiger partial charge on any atom is 0.261 e. The van der Waals surface area contributed by atoms with E-state index >= 15 is 0 Å². The van der Waals surface area contributed by atoms with Crippen LogP contribution in [-0.2, 0) is 11.4 Å². The smallest absolute Gasteiger partial charge is 0.261 e. The van der Waals surface area contributed by atoms with Gasteiger partial charge < -0.3 is 9.47 Å². The second kappa shape index (κ2) is 11.5. The van der Waals surface area contributed by atoms with Crippen LogP contribution >= 0.6 is 11.6 Å². The summed E-state index contributed by atoms with van der Waals surface area (Å²) in [6, 6.07) is 23.6. The number of amides is 1. The molecule has 1 amide bonds. The molecule has 0 bridgehead atoms. The third kappa shape index (κ3) is 6.10. The predicted molar refractivity (Wildman–Crippen MR) is 124 cm³/mol. The molecule has 3 aromatic rings. The van der Waals surface area contributed by atoms with E-state index in [4.69, 9.17) is 21.1 Å². The molecule has 6 nitrogen and oxygen atoms in total. The van der Waals surface area contributed by atoms with Crippen LogP contribution in [0.5, 0.6) is 11.5 Å². The van der Waals surface area contributed by atoms with E-state index in [1.165, 1.54) is 6.21 Å². The van der Waals surface area contributed by atoms with E-state index in [2.05, 4.69) is 10.5 Å². The summed E-state index contributed by atoms with van der Waals surface area (Å²) in [4.78, 5) is 12.3. The molecule has 1 N–H and O–H groups in total. The number of nitrogens with one attached hydrogen (secondary N) is 1. The summed E-state index contributed by atoms with van der Waals surface area (Å²) in [5.74, 6) is -0.316. The van der Waals surface area contributed by atoms with Gasteiger partial charge in [0.2, 0.25) is 0 Å². The van der Waals surface area contributed by atoms with Gasteiger partial charge in [0.1, 0.15) is 6.61 Å². The lowest BCUT2D eigenvalue weighted by molar-refractivity contribution is -0.121. The minimum absolute atomic E-state index is 0.304. The molecule has 0 fully saturated rings. The van der Waals surface area contributed by atoms with Crippen LogP contribution < -0.4 is 14.9 Å². The monoisotopic (exact) mass is 447 g/mol. The van der Waals surface area contributed by atoms with Gasteiger partial charge in [-0.3, -0.25) is 4.79 Å². The Morgan fingerprint density at radius 2 is 1.84 bits per heavy atom. The molecule has 0 spiro atoms. The van der Waals surface area contributed by atoms with E-state index in [0.29, 0.717) is 40.9 Å². The van der Waals surface area contributed by atoms with Gasteiger partial charge in [-0.15, -0.1) is 0 Å². The highest BCUT2D eigenvalue weighted by atomic mass is 35.5. The normalized spacial score (nSPS) is 11.5. The number of hydrogen-bond donors (Lipinski definition) is 1. The molecule has 0 saturated carbocycles. The Hall–Kier alpha value is -3.82. The van der Waals surface area contributed by atoms with E-state index in [1.54, 1.807) is 42.5 Å². The molecule has 3 rings (SSSR count). The highest BCUT2D eigenvalue weighted by Gasteiger charge is 2.19. The van der Waals surface area contributed by atoms with Crippen LogP contribution in [0, 0.1) is 11.3 Å². The van der Waals surface area contributed by atoms with Gasteiger partial charge in [0.15, 0.2) is 17.4 Å². The minimum atomic E-state index is -0.937. The first-order valence-electron chi connectivity index (χ1n) is 10.0. The zero-order valence-corrected chi connectivity index (χ0v) is 18.3. The molecule has 162 valence electrons. The molecular weight excluding hydrogens is 426 g/mol. The van der Waals surface area contributed by atoms with Crippen LogP contribution in [0.1, 0.15) is 29.5 Å². The van der Waals surface area contributed by atoms with Crippen molar-refractivity contribution < 1.29 is 14.3 Å². The van der Waals surface area contributed by atoms with Crippen LogP contribution in [0.2, 0.25) is 5.02 Å². The quantitative estimate of drug-likeness (QED) is 0.366. The van der Waals surface area contributed by atoms with Gasteiger partial charge in [0.25, 0.3) is 5.91 Å². The summed E-state index contributed by atoms with van der Waals surface area (Å²) in [7, 11) is 0. The van der Waals surface area contributed by atoms with Crippen molar-refractivity contribution in [1.82, 2.24) is 5.43 Å². The number of benzene rings is 3. The Morgan fingerprint density at radius 3 is 2.56 bits per heavy atom. The van der Waals surface area contributed by atoms with E-state index in [9.17, 15) is 10.1 Å². The number of carbonyl (C=O) groups excluding carboxylic acids is 1. The highest BCUT2D eigenvalue weighted by Crippen LogP contribution is 2.29. The third-order valence-electron chi connectivity index (χ3n) is 4.52. The van der Waals surface area contributed by atoms with E-state index in [1.807, 2.05) is 43.3 Å². The summed E-state index contributed by atoms with van der Waals surface area (Å²) < 4.78 is 11.6. The van der Waals surface area contributed by atoms with Crippen molar-refractivity contribution in [3.63, 3.8) is 0 Å². The van der Waals surface area contributed by atoms with Crippen molar-refractivity contribution in [2.24, 2.45) is 5.10 Å². The summed E-state index contributed by atoms with van der Waals surface area (Å²) in [6.45, 7) is 2.64. The first-order chi connectivity index (χ1) is 15.6. The standard InChI is InChI=1S/C25H22ClN3O3/c1-2-31-24-14-18(12-13-23(24)32-17-20-10-6-7-11-22(20)26)16-28-29-25(30)21(15-27)19-8-4-3-5-9-19/h3-14,16,21H,2,17H2,1H3,(H,29,30)/b28-16-/t21-/m0/s1. The van der Waals surface area contributed by atoms with Crippen LogP contribution in [0.25, 0.3) is 0 Å². The number of ether oxygens (including phenoxy) is 2. The second-order valence-corrected chi connectivity index (χ2v) is 7.13. The van der Waals surface area contributed by atoms with Crippen LogP contribution in [0.4, 0.5) is 0 Å².